The summed E-state index contributed by atoms with van der Waals surface area (Å²) in [5.41, 5.74) is 2.88. The van der Waals surface area contributed by atoms with Crippen molar-refractivity contribution < 1.29 is 20.4 Å². The molecule has 0 atom stereocenters. The van der Waals surface area contributed by atoms with Gasteiger partial charge in [0.05, 0.1) is 13.2 Å². The van der Waals surface area contributed by atoms with Gasteiger partial charge in [0.1, 0.15) is 11.5 Å². The van der Waals surface area contributed by atoms with Crippen molar-refractivity contribution in [2.75, 3.05) is 18.1 Å². The molecule has 0 aromatic heterocycles. The molecule has 3 rings (SSSR count). The summed E-state index contributed by atoms with van der Waals surface area (Å²) in [7, 11) is 0. The zero-order valence-electron chi connectivity index (χ0n) is 13.7. The van der Waals surface area contributed by atoms with Crippen molar-refractivity contribution in [3.63, 3.8) is 0 Å². The zero-order chi connectivity index (χ0) is 18.1. The highest BCUT2D eigenvalue weighted by atomic mass is 16.3. The maximum atomic E-state index is 9.46. The fraction of sp³-hybridized carbons (Fsp3) is 0.100. The van der Waals surface area contributed by atoms with E-state index in [4.69, 9.17) is 10.2 Å². The van der Waals surface area contributed by atoms with Crippen LogP contribution in [0.25, 0.3) is 0 Å². The summed E-state index contributed by atoms with van der Waals surface area (Å²) in [6, 6.07) is 24.0. The van der Waals surface area contributed by atoms with Crippen molar-refractivity contribution in [3.05, 3.63) is 78.9 Å². The predicted octanol–water partition coefficient (Wildman–Crippen LogP) is 3.54. The average Bonchev–Trinajstić information content (AvgIpc) is 2.66. The van der Waals surface area contributed by atoms with Gasteiger partial charge in [-0.25, -0.2) is 0 Å². The van der Waals surface area contributed by atoms with E-state index in [0.29, 0.717) is 0 Å². The quantitative estimate of drug-likeness (QED) is 0.584. The zero-order valence-corrected chi connectivity index (χ0v) is 13.7. The number of aliphatic hydroxyl groups excluding tert-OH is 2. The van der Waals surface area contributed by atoms with Crippen molar-refractivity contribution in [3.8, 4) is 11.5 Å². The van der Waals surface area contributed by atoms with Gasteiger partial charge in [-0.1, -0.05) is 18.2 Å². The minimum Gasteiger partial charge on any atom is -0.508 e. The van der Waals surface area contributed by atoms with Crippen molar-refractivity contribution in [1.82, 2.24) is 0 Å². The molecule has 3 aromatic carbocycles. The van der Waals surface area contributed by atoms with Crippen LogP contribution in [0.4, 0.5) is 17.1 Å². The number of hydrogen-bond acceptors (Lipinski definition) is 5. The van der Waals surface area contributed by atoms with Gasteiger partial charge in [-0.15, -0.1) is 0 Å². The molecule has 0 unspecified atom stereocenters. The lowest BCUT2D eigenvalue weighted by atomic mass is 10.2. The molecular weight excluding hydrogens is 318 g/mol. The van der Waals surface area contributed by atoms with E-state index in [1.165, 1.54) is 0 Å². The average molecular weight is 339 g/mol. The largest absolute Gasteiger partial charge is 0.508 e. The van der Waals surface area contributed by atoms with E-state index in [2.05, 4.69) is 4.90 Å². The lowest BCUT2D eigenvalue weighted by Gasteiger charge is -2.25. The SMILES string of the molecule is OCCO.Oc1ccc(N(c2ccccc2)c2ccc(O)cc2)cc1. The Bertz CT molecular complexity index is 695. The molecule has 0 fully saturated rings. The number of nitrogens with zero attached hydrogens (tertiary/aromatic N) is 1. The Kier molecular flexibility index (Phi) is 6.83. The topological polar surface area (TPSA) is 84.2 Å². The van der Waals surface area contributed by atoms with Gasteiger partial charge in [0.25, 0.3) is 0 Å². The van der Waals surface area contributed by atoms with Gasteiger partial charge in [-0.05, 0) is 60.7 Å². The summed E-state index contributed by atoms with van der Waals surface area (Å²) < 4.78 is 0. The molecule has 0 heterocycles. The summed E-state index contributed by atoms with van der Waals surface area (Å²) in [5.74, 6) is 0.468. The number of aliphatic hydroxyl groups is 2. The summed E-state index contributed by atoms with van der Waals surface area (Å²) in [6.45, 7) is -0.250. The van der Waals surface area contributed by atoms with Crippen molar-refractivity contribution in [2.45, 2.75) is 0 Å². The lowest BCUT2D eigenvalue weighted by molar-refractivity contribution is 0.186. The van der Waals surface area contributed by atoms with Crippen LogP contribution in [0.5, 0.6) is 11.5 Å². The standard InChI is InChI=1S/C18H15NO2.C2H6O2/c20-17-10-6-15(7-11-17)19(14-4-2-1-3-5-14)16-8-12-18(21)13-9-16;3-1-2-4/h1-13,20-21H;3-4H,1-2H2. The molecule has 25 heavy (non-hydrogen) atoms. The number of hydrogen-bond donors (Lipinski definition) is 4. The van der Waals surface area contributed by atoms with Crippen LogP contribution in [0.2, 0.25) is 0 Å². The van der Waals surface area contributed by atoms with E-state index in [1.807, 2.05) is 54.6 Å². The highest BCUT2D eigenvalue weighted by Gasteiger charge is 2.11. The predicted molar refractivity (Wildman–Crippen MR) is 98.6 cm³/mol. The number of rotatable bonds is 4. The maximum absolute atomic E-state index is 9.46. The molecule has 0 amide bonds. The van der Waals surface area contributed by atoms with Crippen LogP contribution in [-0.2, 0) is 0 Å². The summed E-state index contributed by atoms with van der Waals surface area (Å²) in [4.78, 5) is 2.05. The Morgan fingerprint density at radius 3 is 1.24 bits per heavy atom. The molecule has 4 N–H and O–H groups in total. The van der Waals surface area contributed by atoms with Crippen LogP contribution in [0.3, 0.4) is 0 Å². The second kappa shape index (κ2) is 9.32. The minimum absolute atomic E-state index is 0.125. The molecule has 0 saturated heterocycles. The monoisotopic (exact) mass is 339 g/mol. The second-order valence-electron chi connectivity index (χ2n) is 5.15. The maximum Gasteiger partial charge on any atom is 0.115 e. The third kappa shape index (κ3) is 5.24. The molecule has 0 aliphatic rings. The van der Waals surface area contributed by atoms with Crippen LogP contribution < -0.4 is 4.90 Å². The summed E-state index contributed by atoms with van der Waals surface area (Å²) >= 11 is 0. The highest BCUT2D eigenvalue weighted by Crippen LogP contribution is 2.35. The molecule has 0 bridgehead atoms. The number of anilines is 3. The Labute approximate surface area is 146 Å². The molecule has 0 aliphatic carbocycles. The van der Waals surface area contributed by atoms with E-state index in [9.17, 15) is 10.2 Å². The van der Waals surface area contributed by atoms with Crippen molar-refractivity contribution in [1.29, 1.82) is 0 Å². The fourth-order valence-corrected chi connectivity index (χ4v) is 2.23. The Morgan fingerprint density at radius 2 is 0.880 bits per heavy atom. The number of aromatic hydroxyl groups is 2. The first kappa shape index (κ1) is 18.3. The number of benzene rings is 3. The molecule has 0 spiro atoms. The van der Waals surface area contributed by atoms with Gasteiger partial charge >= 0.3 is 0 Å². The van der Waals surface area contributed by atoms with Gasteiger partial charge in [0, 0.05) is 17.1 Å². The van der Waals surface area contributed by atoms with E-state index < -0.39 is 0 Å². The number of phenols is 2. The first-order valence-corrected chi connectivity index (χ1v) is 7.80. The molecule has 130 valence electrons. The highest BCUT2D eigenvalue weighted by molar-refractivity contribution is 5.76. The van der Waals surface area contributed by atoms with Crippen LogP contribution >= 0.6 is 0 Å². The third-order valence-electron chi connectivity index (χ3n) is 3.33. The van der Waals surface area contributed by atoms with Crippen LogP contribution in [0.15, 0.2) is 78.9 Å². The van der Waals surface area contributed by atoms with Crippen LogP contribution in [0, 0.1) is 0 Å². The third-order valence-corrected chi connectivity index (χ3v) is 3.33. The van der Waals surface area contributed by atoms with E-state index >= 15 is 0 Å². The van der Waals surface area contributed by atoms with Gasteiger partial charge in [-0.2, -0.15) is 0 Å². The van der Waals surface area contributed by atoms with Crippen LogP contribution in [-0.4, -0.2) is 33.6 Å². The Morgan fingerprint density at radius 1 is 0.520 bits per heavy atom. The van der Waals surface area contributed by atoms with Gasteiger partial charge in [0.2, 0.25) is 0 Å². The number of phenolic OH excluding ortho intramolecular Hbond substituents is 2. The molecule has 0 radical (unpaired) electrons. The van der Waals surface area contributed by atoms with Crippen molar-refractivity contribution >= 4 is 17.1 Å². The molecule has 3 aromatic rings. The first-order chi connectivity index (χ1) is 12.2. The van der Waals surface area contributed by atoms with E-state index in [0.717, 1.165) is 17.1 Å². The molecule has 5 nitrogen and oxygen atoms in total. The summed E-state index contributed by atoms with van der Waals surface area (Å²) in [6.07, 6.45) is 0. The van der Waals surface area contributed by atoms with E-state index in [1.54, 1.807) is 24.3 Å². The molecule has 0 aliphatic heterocycles. The first-order valence-electron chi connectivity index (χ1n) is 7.80. The van der Waals surface area contributed by atoms with Crippen LogP contribution in [0.1, 0.15) is 0 Å². The van der Waals surface area contributed by atoms with Crippen molar-refractivity contribution in [2.24, 2.45) is 0 Å². The molecular formula is C20H21NO4. The lowest BCUT2D eigenvalue weighted by Crippen LogP contribution is -2.09. The molecule has 5 heteroatoms. The smallest absolute Gasteiger partial charge is 0.115 e. The molecule has 0 saturated carbocycles. The second-order valence-corrected chi connectivity index (χ2v) is 5.15. The van der Waals surface area contributed by atoms with Gasteiger partial charge < -0.3 is 25.3 Å². The number of para-hydroxylation sites is 1. The minimum atomic E-state index is -0.125. The normalized spacial score (nSPS) is 9.84. The Hall–Kier alpha value is -3.02. The summed E-state index contributed by atoms with van der Waals surface area (Å²) in [5, 5.41) is 34.2. The fourth-order valence-electron chi connectivity index (χ4n) is 2.23. The van der Waals surface area contributed by atoms with E-state index in [-0.39, 0.29) is 24.7 Å². The Balaban J connectivity index is 0.000000511. The van der Waals surface area contributed by atoms with Gasteiger partial charge in [0.15, 0.2) is 0 Å². The van der Waals surface area contributed by atoms with Gasteiger partial charge in [-0.3, -0.25) is 0 Å².